The lowest BCUT2D eigenvalue weighted by Crippen LogP contribution is -2.25. The Kier molecular flexibility index (Phi) is 5.58. The molecule has 0 atom stereocenters. The number of hydrogen-bond acceptors (Lipinski definition) is 5. The second-order valence-electron chi connectivity index (χ2n) is 5.72. The molecule has 1 amide bonds. The maximum atomic E-state index is 12.9. The summed E-state index contributed by atoms with van der Waals surface area (Å²) in [4.78, 5) is 28.6. The van der Waals surface area contributed by atoms with E-state index in [2.05, 4.69) is 4.98 Å². The molecule has 1 heterocycles. The number of ether oxygens (including phenoxy) is 1. The van der Waals surface area contributed by atoms with E-state index >= 15 is 0 Å². The lowest BCUT2D eigenvalue weighted by Gasteiger charge is -2.13. The van der Waals surface area contributed by atoms with Gasteiger partial charge >= 0.3 is 0 Å². The molecular weight excluding hydrogens is 350 g/mol. The largest absolute Gasteiger partial charge is 0.497 e. The van der Waals surface area contributed by atoms with Crippen molar-refractivity contribution in [3.05, 3.63) is 64.4 Å². The first kappa shape index (κ1) is 18.0. The van der Waals surface area contributed by atoms with Gasteiger partial charge in [-0.05, 0) is 36.2 Å². The Morgan fingerprint density at radius 2 is 1.92 bits per heavy atom. The topological polar surface area (TPSA) is 87.2 Å². The van der Waals surface area contributed by atoms with Crippen LogP contribution in [0.4, 0.5) is 0 Å². The number of methoxy groups -OCH3 is 1. The number of thioether (sulfide) groups is 1. The number of rotatable bonds is 7. The van der Waals surface area contributed by atoms with Gasteiger partial charge in [0.1, 0.15) is 5.75 Å². The first-order chi connectivity index (χ1) is 12.6. The Bertz CT molecular complexity index is 983. The molecule has 0 aliphatic carbocycles. The number of carbonyl (C=O) groups is 1. The van der Waals surface area contributed by atoms with Crippen LogP contribution in [0.1, 0.15) is 5.56 Å². The van der Waals surface area contributed by atoms with Crippen molar-refractivity contribution in [3.8, 4) is 5.75 Å². The van der Waals surface area contributed by atoms with Crippen molar-refractivity contribution in [3.63, 3.8) is 0 Å². The third kappa shape index (κ3) is 4.05. The molecule has 0 saturated carbocycles. The highest BCUT2D eigenvalue weighted by molar-refractivity contribution is 7.99. The Morgan fingerprint density at radius 3 is 2.62 bits per heavy atom. The first-order valence-electron chi connectivity index (χ1n) is 8.12. The molecule has 0 bridgehead atoms. The number of benzene rings is 2. The summed E-state index contributed by atoms with van der Waals surface area (Å²) in [5.41, 5.74) is 6.83. The summed E-state index contributed by atoms with van der Waals surface area (Å²) in [6, 6.07) is 14.9. The summed E-state index contributed by atoms with van der Waals surface area (Å²) < 4.78 is 6.77. The van der Waals surface area contributed by atoms with Gasteiger partial charge in [0.15, 0.2) is 5.16 Å². The third-order valence-corrected chi connectivity index (χ3v) is 4.95. The molecule has 0 aliphatic heterocycles. The molecular formula is C19H19N3O3S. The standard InChI is InChI=1S/C19H19N3O3S/c1-25-14-8-6-13(7-9-14)10-11-22-18(24)15-4-2-3-5-16(15)21-19(22)26-12-17(20)23/h2-9H,10-12H2,1H3,(H2,20,23). The molecule has 0 unspecified atom stereocenters. The number of nitrogens with two attached hydrogens (primary N) is 1. The predicted octanol–water partition coefficient (Wildman–Crippen LogP) is 2.23. The van der Waals surface area contributed by atoms with E-state index in [4.69, 9.17) is 10.5 Å². The van der Waals surface area contributed by atoms with Crippen LogP contribution in [0.15, 0.2) is 58.5 Å². The molecule has 1 aromatic heterocycles. The smallest absolute Gasteiger partial charge is 0.262 e. The molecule has 3 aromatic rings. The van der Waals surface area contributed by atoms with E-state index in [0.717, 1.165) is 11.3 Å². The zero-order valence-electron chi connectivity index (χ0n) is 14.3. The minimum Gasteiger partial charge on any atom is -0.497 e. The Balaban J connectivity index is 1.93. The molecule has 0 spiro atoms. The molecule has 26 heavy (non-hydrogen) atoms. The molecule has 0 fully saturated rings. The number of amides is 1. The number of carbonyl (C=O) groups excluding carboxylic acids is 1. The first-order valence-corrected chi connectivity index (χ1v) is 9.10. The number of para-hydroxylation sites is 1. The third-order valence-electron chi connectivity index (χ3n) is 3.95. The zero-order valence-corrected chi connectivity index (χ0v) is 15.2. The molecule has 6 nitrogen and oxygen atoms in total. The summed E-state index contributed by atoms with van der Waals surface area (Å²) in [5.74, 6) is 0.419. The molecule has 134 valence electrons. The van der Waals surface area contributed by atoms with Crippen LogP contribution in [0.25, 0.3) is 10.9 Å². The molecule has 0 radical (unpaired) electrons. The Labute approximate surface area is 155 Å². The highest BCUT2D eigenvalue weighted by Crippen LogP contribution is 2.18. The van der Waals surface area contributed by atoms with E-state index in [9.17, 15) is 9.59 Å². The van der Waals surface area contributed by atoms with Crippen molar-refractivity contribution in [1.82, 2.24) is 9.55 Å². The molecule has 7 heteroatoms. The van der Waals surface area contributed by atoms with Crippen LogP contribution < -0.4 is 16.0 Å². The normalized spacial score (nSPS) is 10.8. The molecule has 3 rings (SSSR count). The Hall–Kier alpha value is -2.80. The van der Waals surface area contributed by atoms with Crippen LogP contribution in [0.5, 0.6) is 5.75 Å². The van der Waals surface area contributed by atoms with Gasteiger partial charge in [-0.3, -0.25) is 14.2 Å². The fourth-order valence-corrected chi connectivity index (χ4v) is 3.39. The van der Waals surface area contributed by atoms with Crippen LogP contribution in [0.2, 0.25) is 0 Å². The lowest BCUT2D eigenvalue weighted by atomic mass is 10.1. The van der Waals surface area contributed by atoms with E-state index in [1.165, 1.54) is 11.8 Å². The fourth-order valence-electron chi connectivity index (χ4n) is 2.62. The monoisotopic (exact) mass is 369 g/mol. The van der Waals surface area contributed by atoms with Crippen LogP contribution in [0, 0.1) is 0 Å². The quantitative estimate of drug-likeness (QED) is 0.510. The van der Waals surface area contributed by atoms with E-state index in [0.29, 0.717) is 29.0 Å². The van der Waals surface area contributed by atoms with Gasteiger partial charge in [0.25, 0.3) is 5.56 Å². The summed E-state index contributed by atoms with van der Waals surface area (Å²) in [7, 11) is 1.62. The summed E-state index contributed by atoms with van der Waals surface area (Å²) >= 11 is 1.18. The Morgan fingerprint density at radius 1 is 1.19 bits per heavy atom. The van der Waals surface area contributed by atoms with Crippen molar-refractivity contribution >= 4 is 28.6 Å². The number of fused-ring (bicyclic) bond motifs is 1. The maximum absolute atomic E-state index is 12.9. The summed E-state index contributed by atoms with van der Waals surface area (Å²) in [5, 5.41) is 1.06. The average Bonchev–Trinajstić information content (AvgIpc) is 2.66. The average molecular weight is 369 g/mol. The molecule has 0 saturated heterocycles. The number of aryl methyl sites for hydroxylation is 1. The number of primary amides is 1. The molecule has 2 N–H and O–H groups in total. The number of hydrogen-bond donors (Lipinski definition) is 1. The number of nitrogens with zero attached hydrogens (tertiary/aromatic N) is 2. The van der Waals surface area contributed by atoms with Crippen molar-refractivity contribution in [2.45, 2.75) is 18.1 Å². The number of aromatic nitrogens is 2. The van der Waals surface area contributed by atoms with Crippen molar-refractivity contribution in [1.29, 1.82) is 0 Å². The van der Waals surface area contributed by atoms with E-state index < -0.39 is 5.91 Å². The van der Waals surface area contributed by atoms with Gasteiger partial charge in [0, 0.05) is 6.54 Å². The van der Waals surface area contributed by atoms with E-state index in [-0.39, 0.29) is 11.3 Å². The van der Waals surface area contributed by atoms with E-state index in [1.807, 2.05) is 36.4 Å². The SMILES string of the molecule is COc1ccc(CCn2c(SCC(N)=O)nc3ccccc3c2=O)cc1. The molecule has 0 aliphatic rings. The predicted molar refractivity (Wildman–Crippen MR) is 103 cm³/mol. The van der Waals surface area contributed by atoms with Gasteiger partial charge in [0.05, 0.1) is 23.8 Å². The van der Waals surface area contributed by atoms with Gasteiger partial charge in [-0.15, -0.1) is 0 Å². The van der Waals surface area contributed by atoms with Gasteiger partial charge < -0.3 is 10.5 Å². The van der Waals surface area contributed by atoms with Crippen molar-refractivity contribution in [2.24, 2.45) is 5.73 Å². The van der Waals surface area contributed by atoms with Gasteiger partial charge in [-0.1, -0.05) is 36.0 Å². The van der Waals surface area contributed by atoms with Crippen LogP contribution in [0.3, 0.4) is 0 Å². The van der Waals surface area contributed by atoms with Crippen molar-refractivity contribution < 1.29 is 9.53 Å². The minimum atomic E-state index is -0.445. The summed E-state index contributed by atoms with van der Waals surface area (Å²) in [6.45, 7) is 0.462. The lowest BCUT2D eigenvalue weighted by molar-refractivity contribution is -0.115. The van der Waals surface area contributed by atoms with Gasteiger partial charge in [-0.2, -0.15) is 0 Å². The maximum Gasteiger partial charge on any atom is 0.262 e. The minimum absolute atomic E-state index is 0.0767. The highest BCUT2D eigenvalue weighted by Gasteiger charge is 2.12. The highest BCUT2D eigenvalue weighted by atomic mass is 32.2. The zero-order chi connectivity index (χ0) is 18.5. The van der Waals surface area contributed by atoms with E-state index in [1.54, 1.807) is 23.8 Å². The second-order valence-corrected chi connectivity index (χ2v) is 6.66. The second kappa shape index (κ2) is 8.05. The molecule has 2 aromatic carbocycles. The van der Waals surface area contributed by atoms with Gasteiger partial charge in [0.2, 0.25) is 5.91 Å². The summed E-state index contributed by atoms with van der Waals surface area (Å²) in [6.07, 6.45) is 0.661. The van der Waals surface area contributed by atoms with Crippen molar-refractivity contribution in [2.75, 3.05) is 12.9 Å². The fraction of sp³-hybridized carbons (Fsp3) is 0.211. The van der Waals surface area contributed by atoms with Crippen LogP contribution >= 0.6 is 11.8 Å². The van der Waals surface area contributed by atoms with Gasteiger partial charge in [-0.25, -0.2) is 4.98 Å². The van der Waals surface area contributed by atoms with Crippen LogP contribution in [-0.2, 0) is 17.8 Å². The van der Waals surface area contributed by atoms with Crippen LogP contribution in [-0.4, -0.2) is 28.3 Å².